The summed E-state index contributed by atoms with van der Waals surface area (Å²) in [5.41, 5.74) is 4.04. The fraction of sp³-hybridized carbons (Fsp3) is 0.200. The van der Waals surface area contributed by atoms with Gasteiger partial charge in [0.25, 0.3) is 0 Å². The molecule has 0 bridgehead atoms. The zero-order chi connectivity index (χ0) is 19.4. The maximum absolute atomic E-state index is 12.2. The van der Waals surface area contributed by atoms with Gasteiger partial charge in [0.1, 0.15) is 6.61 Å². The molecule has 0 atom stereocenters. The van der Waals surface area contributed by atoms with Gasteiger partial charge in [-0.05, 0) is 49.2 Å². The number of carbonyl (C=O) groups excluding carboxylic acids is 2. The van der Waals surface area contributed by atoms with Crippen LogP contribution in [0.3, 0.4) is 0 Å². The first-order valence-corrected chi connectivity index (χ1v) is 9.23. The van der Waals surface area contributed by atoms with Crippen LogP contribution in [0.25, 0.3) is 0 Å². The summed E-state index contributed by atoms with van der Waals surface area (Å²) in [6.07, 6.45) is 3.07. The zero-order valence-electron chi connectivity index (χ0n) is 15.3. The number of rotatable bonds is 5. The maximum atomic E-state index is 12.2. The fourth-order valence-electron chi connectivity index (χ4n) is 2.47. The molecule has 0 saturated carbocycles. The predicted molar refractivity (Wildman–Crippen MR) is 104 cm³/mol. The van der Waals surface area contributed by atoms with Crippen LogP contribution in [0.4, 0.5) is 10.8 Å². The van der Waals surface area contributed by atoms with Crippen molar-refractivity contribution < 1.29 is 14.3 Å². The minimum atomic E-state index is -0.440. The molecular formula is C20H19N3O3S. The summed E-state index contributed by atoms with van der Waals surface area (Å²) < 4.78 is 5.28. The van der Waals surface area contributed by atoms with Crippen LogP contribution in [0.5, 0.6) is 0 Å². The van der Waals surface area contributed by atoms with Crippen molar-refractivity contribution in [1.82, 2.24) is 9.97 Å². The molecule has 0 saturated heterocycles. The van der Waals surface area contributed by atoms with Crippen molar-refractivity contribution in [2.75, 3.05) is 4.90 Å². The van der Waals surface area contributed by atoms with E-state index in [0.717, 1.165) is 16.8 Å². The summed E-state index contributed by atoms with van der Waals surface area (Å²) >= 11 is 1.33. The van der Waals surface area contributed by atoms with E-state index in [1.807, 2.05) is 32.0 Å². The van der Waals surface area contributed by atoms with Crippen molar-refractivity contribution in [2.45, 2.75) is 27.4 Å². The SMILES string of the molecule is CC(=O)N(c1ccc(C)c(C)c1)c1nc(COC(=O)c2ccncc2)cs1. The average Bonchev–Trinajstić information content (AvgIpc) is 3.11. The van der Waals surface area contributed by atoms with E-state index < -0.39 is 5.97 Å². The zero-order valence-corrected chi connectivity index (χ0v) is 16.1. The molecule has 3 aromatic rings. The normalized spacial score (nSPS) is 10.5. The molecule has 2 heterocycles. The number of esters is 1. The van der Waals surface area contributed by atoms with Crippen molar-refractivity contribution in [3.8, 4) is 0 Å². The van der Waals surface area contributed by atoms with Crippen LogP contribution in [-0.4, -0.2) is 21.8 Å². The van der Waals surface area contributed by atoms with Crippen LogP contribution in [-0.2, 0) is 16.1 Å². The highest BCUT2D eigenvalue weighted by Crippen LogP contribution is 2.30. The van der Waals surface area contributed by atoms with Crippen molar-refractivity contribution >= 4 is 34.0 Å². The number of thiazole rings is 1. The molecular weight excluding hydrogens is 362 g/mol. The minimum Gasteiger partial charge on any atom is -0.456 e. The lowest BCUT2D eigenvalue weighted by molar-refractivity contribution is -0.115. The van der Waals surface area contributed by atoms with Gasteiger partial charge in [-0.3, -0.25) is 14.7 Å². The number of nitrogens with zero attached hydrogens (tertiary/aromatic N) is 3. The molecule has 0 N–H and O–H groups in total. The van der Waals surface area contributed by atoms with Crippen molar-refractivity contribution in [1.29, 1.82) is 0 Å². The topological polar surface area (TPSA) is 72.4 Å². The van der Waals surface area contributed by atoms with Gasteiger partial charge in [0.05, 0.1) is 16.9 Å². The molecule has 6 nitrogen and oxygen atoms in total. The molecule has 2 aromatic heterocycles. The Labute approximate surface area is 161 Å². The van der Waals surface area contributed by atoms with Crippen LogP contribution in [0.1, 0.15) is 34.1 Å². The van der Waals surface area contributed by atoms with Crippen LogP contribution in [0.15, 0.2) is 48.1 Å². The quantitative estimate of drug-likeness (QED) is 0.620. The van der Waals surface area contributed by atoms with Crippen LogP contribution in [0.2, 0.25) is 0 Å². The molecule has 0 aliphatic carbocycles. The number of aryl methyl sites for hydroxylation is 2. The third-order valence-electron chi connectivity index (χ3n) is 4.06. The average molecular weight is 381 g/mol. The first-order valence-electron chi connectivity index (χ1n) is 8.35. The first-order chi connectivity index (χ1) is 13.0. The number of anilines is 2. The molecule has 0 aliphatic heterocycles. The monoisotopic (exact) mass is 381 g/mol. The second-order valence-electron chi connectivity index (χ2n) is 6.06. The number of benzene rings is 1. The van der Waals surface area contributed by atoms with E-state index in [1.165, 1.54) is 30.7 Å². The van der Waals surface area contributed by atoms with E-state index in [0.29, 0.717) is 16.4 Å². The highest BCUT2D eigenvalue weighted by atomic mass is 32.1. The molecule has 0 unspecified atom stereocenters. The molecule has 138 valence electrons. The third-order valence-corrected chi connectivity index (χ3v) is 4.94. The molecule has 27 heavy (non-hydrogen) atoms. The Morgan fingerprint density at radius 1 is 1.11 bits per heavy atom. The van der Waals surface area contributed by atoms with Crippen LogP contribution >= 0.6 is 11.3 Å². The first kappa shape index (κ1) is 18.7. The predicted octanol–water partition coefficient (Wildman–Crippen LogP) is 4.20. The smallest absolute Gasteiger partial charge is 0.338 e. The van der Waals surface area contributed by atoms with E-state index in [9.17, 15) is 9.59 Å². The van der Waals surface area contributed by atoms with Gasteiger partial charge in [-0.2, -0.15) is 0 Å². The van der Waals surface area contributed by atoms with Gasteiger partial charge >= 0.3 is 5.97 Å². The number of amides is 1. The number of hydrogen-bond donors (Lipinski definition) is 0. The van der Waals surface area contributed by atoms with Gasteiger partial charge in [0.15, 0.2) is 5.13 Å². The highest BCUT2D eigenvalue weighted by molar-refractivity contribution is 7.14. The number of pyridine rings is 1. The van der Waals surface area contributed by atoms with Gasteiger partial charge in [0.2, 0.25) is 5.91 Å². The molecule has 7 heteroatoms. The van der Waals surface area contributed by atoms with Gasteiger partial charge in [-0.1, -0.05) is 6.07 Å². The van der Waals surface area contributed by atoms with Crippen LogP contribution < -0.4 is 4.90 Å². The van der Waals surface area contributed by atoms with E-state index in [4.69, 9.17) is 4.74 Å². The summed E-state index contributed by atoms with van der Waals surface area (Å²) in [6, 6.07) is 9.01. The van der Waals surface area contributed by atoms with Gasteiger partial charge < -0.3 is 4.74 Å². The number of hydrogen-bond acceptors (Lipinski definition) is 6. The third kappa shape index (κ3) is 4.38. The Hall–Kier alpha value is -3.06. The molecule has 1 amide bonds. The lowest BCUT2D eigenvalue weighted by Gasteiger charge is -2.19. The minimum absolute atomic E-state index is 0.0380. The van der Waals surface area contributed by atoms with Crippen LogP contribution in [0, 0.1) is 13.8 Å². The van der Waals surface area contributed by atoms with E-state index in [1.54, 1.807) is 22.4 Å². The molecule has 1 aromatic carbocycles. The molecule has 0 spiro atoms. The lowest BCUT2D eigenvalue weighted by atomic mass is 10.1. The second-order valence-corrected chi connectivity index (χ2v) is 6.89. The Bertz CT molecular complexity index is 970. The summed E-state index contributed by atoms with van der Waals surface area (Å²) in [7, 11) is 0. The van der Waals surface area contributed by atoms with Crippen molar-refractivity contribution in [3.05, 3.63) is 70.5 Å². The molecule has 0 fully saturated rings. The number of carbonyl (C=O) groups is 2. The molecule has 3 rings (SSSR count). The van der Waals surface area contributed by atoms with E-state index >= 15 is 0 Å². The summed E-state index contributed by atoms with van der Waals surface area (Å²) in [5.74, 6) is -0.572. The maximum Gasteiger partial charge on any atom is 0.338 e. The van der Waals surface area contributed by atoms with Crippen molar-refractivity contribution in [3.63, 3.8) is 0 Å². The van der Waals surface area contributed by atoms with Crippen molar-refractivity contribution in [2.24, 2.45) is 0 Å². The molecule has 0 aliphatic rings. The van der Waals surface area contributed by atoms with E-state index in [-0.39, 0.29) is 12.5 Å². The van der Waals surface area contributed by atoms with Gasteiger partial charge in [-0.15, -0.1) is 11.3 Å². The summed E-state index contributed by atoms with van der Waals surface area (Å²) in [4.78, 5) is 34.1. The Morgan fingerprint density at radius 2 is 1.85 bits per heavy atom. The Morgan fingerprint density at radius 3 is 2.52 bits per heavy atom. The lowest BCUT2D eigenvalue weighted by Crippen LogP contribution is -2.22. The Kier molecular flexibility index (Phi) is 5.61. The van der Waals surface area contributed by atoms with Gasteiger partial charge in [0, 0.05) is 24.7 Å². The highest BCUT2D eigenvalue weighted by Gasteiger charge is 2.19. The second kappa shape index (κ2) is 8.09. The standard InChI is InChI=1S/C20H19N3O3S/c1-13-4-5-18(10-14(13)2)23(15(3)24)20-22-17(12-27-20)11-26-19(25)16-6-8-21-9-7-16/h4-10,12H,11H2,1-3H3. The Balaban J connectivity index is 1.75. The van der Waals surface area contributed by atoms with E-state index in [2.05, 4.69) is 9.97 Å². The molecule has 0 radical (unpaired) electrons. The summed E-state index contributed by atoms with van der Waals surface area (Å²) in [5, 5.41) is 2.33. The largest absolute Gasteiger partial charge is 0.456 e. The fourth-order valence-corrected chi connectivity index (χ4v) is 3.34. The number of aromatic nitrogens is 2. The van der Waals surface area contributed by atoms with Gasteiger partial charge in [-0.25, -0.2) is 9.78 Å². The number of ether oxygens (including phenoxy) is 1. The summed E-state index contributed by atoms with van der Waals surface area (Å²) in [6.45, 7) is 5.56.